The van der Waals surface area contributed by atoms with E-state index in [2.05, 4.69) is 0 Å². The molecule has 0 amide bonds. The van der Waals surface area contributed by atoms with Gasteiger partial charge in [0.25, 0.3) is 0 Å². The maximum atomic E-state index is 10.4. The minimum absolute atomic E-state index is 0.341. The van der Waals surface area contributed by atoms with Crippen LogP contribution in [0.1, 0.15) is 11.7 Å². The summed E-state index contributed by atoms with van der Waals surface area (Å²) < 4.78 is 4.88. The van der Waals surface area contributed by atoms with Crippen LogP contribution in [0.3, 0.4) is 0 Å². The number of benzene rings is 1. The van der Waals surface area contributed by atoms with E-state index >= 15 is 0 Å². The quantitative estimate of drug-likeness (QED) is 0.726. The van der Waals surface area contributed by atoms with Crippen molar-refractivity contribution in [3.8, 4) is 5.75 Å². The molecule has 1 aromatic carbocycles. The van der Waals surface area contributed by atoms with Gasteiger partial charge in [-0.3, -0.25) is 0 Å². The SMILES string of the molecule is COc1ccc([C@H](O)C(=O)O)cc1. The lowest BCUT2D eigenvalue weighted by molar-refractivity contribution is -0.146. The van der Waals surface area contributed by atoms with Crippen molar-refractivity contribution in [2.45, 2.75) is 6.10 Å². The highest BCUT2D eigenvalue weighted by Gasteiger charge is 2.14. The molecule has 0 fully saturated rings. The summed E-state index contributed by atoms with van der Waals surface area (Å²) in [6, 6.07) is 6.22. The van der Waals surface area contributed by atoms with E-state index in [0.29, 0.717) is 11.3 Å². The largest absolute Gasteiger partial charge is 0.497 e. The summed E-state index contributed by atoms with van der Waals surface area (Å²) in [4.78, 5) is 10.4. The van der Waals surface area contributed by atoms with E-state index in [1.54, 1.807) is 12.1 Å². The van der Waals surface area contributed by atoms with E-state index < -0.39 is 12.1 Å². The molecule has 13 heavy (non-hydrogen) atoms. The van der Waals surface area contributed by atoms with Crippen LogP contribution >= 0.6 is 0 Å². The highest BCUT2D eigenvalue weighted by molar-refractivity contribution is 5.74. The van der Waals surface area contributed by atoms with Crippen LogP contribution in [-0.4, -0.2) is 23.3 Å². The number of rotatable bonds is 3. The zero-order chi connectivity index (χ0) is 9.84. The topological polar surface area (TPSA) is 66.8 Å². The summed E-state index contributed by atoms with van der Waals surface area (Å²) >= 11 is 0. The Morgan fingerprint density at radius 2 is 1.92 bits per heavy atom. The molecule has 2 N–H and O–H groups in total. The van der Waals surface area contributed by atoms with Crippen molar-refractivity contribution in [1.82, 2.24) is 0 Å². The molecule has 0 aliphatic rings. The fourth-order valence-electron chi connectivity index (χ4n) is 0.929. The predicted molar refractivity (Wildman–Crippen MR) is 45.6 cm³/mol. The van der Waals surface area contributed by atoms with Crippen LogP contribution in [0.4, 0.5) is 0 Å². The van der Waals surface area contributed by atoms with E-state index in [0.717, 1.165) is 0 Å². The lowest BCUT2D eigenvalue weighted by atomic mass is 10.1. The molecule has 4 nitrogen and oxygen atoms in total. The molecule has 0 saturated carbocycles. The second-order valence-electron chi connectivity index (χ2n) is 2.51. The van der Waals surface area contributed by atoms with E-state index in [4.69, 9.17) is 14.9 Å². The van der Waals surface area contributed by atoms with E-state index in [9.17, 15) is 4.79 Å². The zero-order valence-corrected chi connectivity index (χ0v) is 7.10. The molecule has 70 valence electrons. The summed E-state index contributed by atoms with van der Waals surface area (Å²) in [5.74, 6) is -0.633. The third kappa shape index (κ3) is 2.19. The van der Waals surface area contributed by atoms with Crippen LogP contribution in [-0.2, 0) is 4.79 Å². The maximum Gasteiger partial charge on any atom is 0.337 e. The third-order valence-electron chi connectivity index (χ3n) is 1.67. The summed E-state index contributed by atoms with van der Waals surface area (Å²) in [6.07, 6.45) is -1.47. The smallest absolute Gasteiger partial charge is 0.337 e. The Morgan fingerprint density at radius 1 is 1.38 bits per heavy atom. The Hall–Kier alpha value is -1.55. The molecule has 0 aliphatic heterocycles. The Kier molecular flexibility index (Phi) is 2.87. The van der Waals surface area contributed by atoms with Crippen molar-refractivity contribution < 1.29 is 19.7 Å². The number of aliphatic carboxylic acids is 1. The number of methoxy groups -OCH3 is 1. The number of hydrogen-bond acceptors (Lipinski definition) is 3. The van der Waals surface area contributed by atoms with Crippen LogP contribution in [0.25, 0.3) is 0 Å². The Labute approximate surface area is 75.4 Å². The summed E-state index contributed by atoms with van der Waals surface area (Å²) in [5, 5.41) is 17.6. The third-order valence-corrected chi connectivity index (χ3v) is 1.67. The van der Waals surface area contributed by atoms with Gasteiger partial charge in [0.1, 0.15) is 5.75 Å². The Bertz CT molecular complexity index is 291. The van der Waals surface area contributed by atoms with Gasteiger partial charge in [-0.1, -0.05) is 12.1 Å². The van der Waals surface area contributed by atoms with Gasteiger partial charge in [-0.15, -0.1) is 0 Å². The highest BCUT2D eigenvalue weighted by atomic mass is 16.5. The van der Waals surface area contributed by atoms with Crippen LogP contribution < -0.4 is 4.74 Å². The van der Waals surface area contributed by atoms with Crippen molar-refractivity contribution in [2.75, 3.05) is 7.11 Å². The van der Waals surface area contributed by atoms with E-state index in [-0.39, 0.29) is 0 Å². The van der Waals surface area contributed by atoms with Gasteiger partial charge in [-0.05, 0) is 17.7 Å². The number of carboxylic acids is 1. The second-order valence-corrected chi connectivity index (χ2v) is 2.51. The van der Waals surface area contributed by atoms with Gasteiger partial charge in [0.2, 0.25) is 0 Å². The molecular weight excluding hydrogens is 172 g/mol. The minimum atomic E-state index is -1.47. The normalized spacial score (nSPS) is 12.2. The zero-order valence-electron chi connectivity index (χ0n) is 7.10. The monoisotopic (exact) mass is 182 g/mol. The Balaban J connectivity index is 2.85. The van der Waals surface area contributed by atoms with Gasteiger partial charge < -0.3 is 14.9 Å². The molecule has 1 aromatic rings. The molecule has 1 atom stereocenters. The van der Waals surface area contributed by atoms with Crippen molar-refractivity contribution in [3.05, 3.63) is 29.8 Å². The van der Waals surface area contributed by atoms with E-state index in [1.807, 2.05) is 0 Å². The first-order valence-corrected chi connectivity index (χ1v) is 3.70. The van der Waals surface area contributed by atoms with Gasteiger partial charge in [-0.25, -0.2) is 4.79 Å². The van der Waals surface area contributed by atoms with Gasteiger partial charge >= 0.3 is 5.97 Å². The summed E-state index contributed by atoms with van der Waals surface area (Å²) in [6.45, 7) is 0. The van der Waals surface area contributed by atoms with Crippen LogP contribution in [0.2, 0.25) is 0 Å². The van der Waals surface area contributed by atoms with Gasteiger partial charge in [0.05, 0.1) is 7.11 Å². The molecule has 0 saturated heterocycles. The molecule has 0 spiro atoms. The number of carbonyl (C=O) groups is 1. The number of carboxylic acid groups (broad SMARTS) is 1. The lowest BCUT2D eigenvalue weighted by Gasteiger charge is -2.06. The van der Waals surface area contributed by atoms with Crippen molar-refractivity contribution in [3.63, 3.8) is 0 Å². The van der Waals surface area contributed by atoms with Crippen molar-refractivity contribution >= 4 is 5.97 Å². The molecule has 4 heteroatoms. The van der Waals surface area contributed by atoms with Gasteiger partial charge in [-0.2, -0.15) is 0 Å². The van der Waals surface area contributed by atoms with Crippen molar-refractivity contribution in [2.24, 2.45) is 0 Å². The van der Waals surface area contributed by atoms with Gasteiger partial charge in [0.15, 0.2) is 6.10 Å². The first-order valence-electron chi connectivity index (χ1n) is 3.70. The van der Waals surface area contributed by atoms with Crippen LogP contribution in [0.15, 0.2) is 24.3 Å². The number of ether oxygens (including phenoxy) is 1. The molecule has 0 unspecified atom stereocenters. The molecule has 0 radical (unpaired) electrons. The standard InChI is InChI=1S/C9H10O4/c1-13-7-4-2-6(3-5-7)8(10)9(11)12/h2-5,8,10H,1H3,(H,11,12)/t8-/m0/s1. The molecule has 0 bridgehead atoms. The lowest BCUT2D eigenvalue weighted by Crippen LogP contribution is -2.09. The molecule has 1 rings (SSSR count). The fourth-order valence-corrected chi connectivity index (χ4v) is 0.929. The van der Waals surface area contributed by atoms with Gasteiger partial charge in [0, 0.05) is 0 Å². The predicted octanol–water partition coefficient (Wildman–Crippen LogP) is 0.813. The fraction of sp³-hybridized carbons (Fsp3) is 0.222. The Morgan fingerprint density at radius 3 is 2.31 bits per heavy atom. The minimum Gasteiger partial charge on any atom is -0.497 e. The second kappa shape index (κ2) is 3.91. The summed E-state index contributed by atoms with van der Waals surface area (Å²) in [7, 11) is 1.52. The molecule has 0 heterocycles. The summed E-state index contributed by atoms with van der Waals surface area (Å²) in [5.41, 5.74) is 0.341. The number of hydrogen-bond donors (Lipinski definition) is 2. The highest BCUT2D eigenvalue weighted by Crippen LogP contribution is 2.17. The van der Waals surface area contributed by atoms with E-state index in [1.165, 1.54) is 19.2 Å². The maximum absolute atomic E-state index is 10.4. The first-order chi connectivity index (χ1) is 6.15. The molecular formula is C9H10O4. The van der Waals surface area contributed by atoms with Crippen LogP contribution in [0.5, 0.6) is 5.75 Å². The molecule has 0 aliphatic carbocycles. The van der Waals surface area contributed by atoms with Crippen LogP contribution in [0, 0.1) is 0 Å². The first kappa shape index (κ1) is 9.54. The number of aliphatic hydroxyl groups excluding tert-OH is 1. The number of aliphatic hydroxyl groups is 1. The van der Waals surface area contributed by atoms with Crippen molar-refractivity contribution in [1.29, 1.82) is 0 Å². The average Bonchev–Trinajstić information content (AvgIpc) is 2.17. The molecule has 0 aromatic heterocycles. The average molecular weight is 182 g/mol.